The summed E-state index contributed by atoms with van der Waals surface area (Å²) in [5, 5.41) is 0. The predicted molar refractivity (Wildman–Crippen MR) is 45.2 cm³/mol. The highest BCUT2D eigenvalue weighted by Gasteiger charge is 2.05. The molecule has 0 amide bonds. The first kappa shape index (κ1) is 8.99. The fourth-order valence-electron chi connectivity index (χ4n) is 0.688. The SMILES string of the molecule is COc1cc(Br)cnc1OC=O. The molecule has 1 aromatic rings. The number of carbonyl (C=O) groups excluding carboxylic acids is 1. The van der Waals surface area contributed by atoms with E-state index in [4.69, 9.17) is 4.74 Å². The molecular weight excluding hydrogens is 226 g/mol. The molecule has 1 rings (SSSR count). The lowest BCUT2D eigenvalue weighted by Crippen LogP contribution is -1.95. The number of carbonyl (C=O) groups is 1. The number of nitrogens with zero attached hydrogens (tertiary/aromatic N) is 1. The molecule has 0 saturated carbocycles. The van der Waals surface area contributed by atoms with Gasteiger partial charge in [0.15, 0.2) is 5.75 Å². The van der Waals surface area contributed by atoms with Gasteiger partial charge in [-0.05, 0) is 15.9 Å². The van der Waals surface area contributed by atoms with Crippen molar-refractivity contribution in [2.75, 3.05) is 7.11 Å². The van der Waals surface area contributed by atoms with E-state index in [0.717, 1.165) is 4.47 Å². The number of halogens is 1. The molecule has 0 spiro atoms. The molecule has 0 N–H and O–H groups in total. The van der Waals surface area contributed by atoms with Gasteiger partial charge in [0.1, 0.15) is 0 Å². The molecule has 0 radical (unpaired) electrons. The molecule has 5 heteroatoms. The molecule has 0 aliphatic heterocycles. The number of methoxy groups -OCH3 is 1. The van der Waals surface area contributed by atoms with Crippen molar-refractivity contribution in [3.05, 3.63) is 16.7 Å². The summed E-state index contributed by atoms with van der Waals surface area (Å²) in [6.45, 7) is 0.304. The molecule has 0 fully saturated rings. The number of rotatable bonds is 3. The summed E-state index contributed by atoms with van der Waals surface area (Å²) in [6, 6.07) is 1.66. The second kappa shape index (κ2) is 4.06. The van der Waals surface area contributed by atoms with Gasteiger partial charge in [0.25, 0.3) is 12.4 Å². The molecule has 0 saturated heterocycles. The minimum atomic E-state index is 0.163. The van der Waals surface area contributed by atoms with Crippen LogP contribution in [0, 0.1) is 0 Å². The van der Waals surface area contributed by atoms with E-state index >= 15 is 0 Å². The van der Waals surface area contributed by atoms with Crippen LogP contribution in [-0.4, -0.2) is 18.6 Å². The van der Waals surface area contributed by atoms with Crippen LogP contribution in [0.4, 0.5) is 0 Å². The van der Waals surface area contributed by atoms with Crippen LogP contribution in [-0.2, 0) is 4.79 Å². The molecular formula is C7H6BrNO3. The zero-order valence-electron chi connectivity index (χ0n) is 6.28. The third-order valence-corrected chi connectivity index (χ3v) is 1.60. The Labute approximate surface area is 77.6 Å². The Morgan fingerprint density at radius 1 is 1.67 bits per heavy atom. The topological polar surface area (TPSA) is 48.4 Å². The maximum Gasteiger partial charge on any atom is 0.299 e. The summed E-state index contributed by atoms with van der Waals surface area (Å²) < 4.78 is 10.2. The molecule has 12 heavy (non-hydrogen) atoms. The van der Waals surface area contributed by atoms with Crippen LogP contribution >= 0.6 is 15.9 Å². The summed E-state index contributed by atoms with van der Waals surface area (Å²) in [5.41, 5.74) is 0. The van der Waals surface area contributed by atoms with Crippen LogP contribution in [0.5, 0.6) is 11.6 Å². The van der Waals surface area contributed by atoms with E-state index in [9.17, 15) is 4.79 Å². The average Bonchev–Trinajstić information content (AvgIpc) is 2.08. The molecule has 0 bridgehead atoms. The fourth-order valence-corrected chi connectivity index (χ4v) is 0.999. The van der Waals surface area contributed by atoms with Gasteiger partial charge < -0.3 is 9.47 Å². The third-order valence-electron chi connectivity index (χ3n) is 1.16. The van der Waals surface area contributed by atoms with E-state index in [-0.39, 0.29) is 5.88 Å². The van der Waals surface area contributed by atoms with E-state index in [0.29, 0.717) is 12.2 Å². The lowest BCUT2D eigenvalue weighted by atomic mass is 10.4. The molecule has 0 aromatic carbocycles. The third kappa shape index (κ3) is 1.94. The van der Waals surface area contributed by atoms with Crippen molar-refractivity contribution in [1.29, 1.82) is 0 Å². The highest BCUT2D eigenvalue weighted by atomic mass is 79.9. The van der Waals surface area contributed by atoms with Gasteiger partial charge in [-0.1, -0.05) is 0 Å². The number of aromatic nitrogens is 1. The molecule has 1 aromatic heterocycles. The van der Waals surface area contributed by atoms with E-state index in [1.807, 2.05) is 0 Å². The van der Waals surface area contributed by atoms with Crippen molar-refractivity contribution in [2.45, 2.75) is 0 Å². The molecule has 0 atom stereocenters. The number of ether oxygens (including phenoxy) is 2. The van der Waals surface area contributed by atoms with Gasteiger partial charge in [0, 0.05) is 16.7 Å². The number of hydrogen-bond acceptors (Lipinski definition) is 4. The smallest absolute Gasteiger partial charge is 0.299 e. The van der Waals surface area contributed by atoms with Crippen LogP contribution in [0.2, 0.25) is 0 Å². The Hall–Kier alpha value is -1.10. The first-order chi connectivity index (χ1) is 5.77. The molecule has 64 valence electrons. The van der Waals surface area contributed by atoms with Crippen LogP contribution in [0.25, 0.3) is 0 Å². The molecule has 0 aliphatic rings. The first-order valence-electron chi connectivity index (χ1n) is 3.07. The Balaban J connectivity index is 3.01. The zero-order chi connectivity index (χ0) is 8.97. The van der Waals surface area contributed by atoms with Crippen LogP contribution in [0.3, 0.4) is 0 Å². The maximum atomic E-state index is 10.00. The minimum absolute atomic E-state index is 0.163. The molecule has 0 aliphatic carbocycles. The van der Waals surface area contributed by atoms with Crippen molar-refractivity contribution in [2.24, 2.45) is 0 Å². The predicted octanol–water partition coefficient (Wildman–Crippen LogP) is 1.39. The normalized spacial score (nSPS) is 9.17. The van der Waals surface area contributed by atoms with Gasteiger partial charge >= 0.3 is 0 Å². The second-order valence-electron chi connectivity index (χ2n) is 1.88. The van der Waals surface area contributed by atoms with Gasteiger partial charge in [-0.15, -0.1) is 0 Å². The van der Waals surface area contributed by atoms with Crippen molar-refractivity contribution < 1.29 is 14.3 Å². The summed E-state index contributed by atoms with van der Waals surface area (Å²) in [7, 11) is 1.47. The molecule has 1 heterocycles. The highest BCUT2D eigenvalue weighted by Crippen LogP contribution is 2.26. The van der Waals surface area contributed by atoms with Crippen molar-refractivity contribution in [3.8, 4) is 11.6 Å². The van der Waals surface area contributed by atoms with Gasteiger partial charge in [0.05, 0.1) is 7.11 Å². The molecule has 0 unspecified atom stereocenters. The Morgan fingerprint density at radius 2 is 2.42 bits per heavy atom. The summed E-state index contributed by atoms with van der Waals surface area (Å²) in [6.07, 6.45) is 1.52. The fraction of sp³-hybridized carbons (Fsp3) is 0.143. The van der Waals surface area contributed by atoms with Gasteiger partial charge in [-0.25, -0.2) is 4.98 Å². The Kier molecular flexibility index (Phi) is 3.04. The first-order valence-corrected chi connectivity index (χ1v) is 3.87. The van der Waals surface area contributed by atoms with Crippen LogP contribution in [0.1, 0.15) is 0 Å². The Bertz CT molecular complexity index is 290. The largest absolute Gasteiger partial charge is 0.491 e. The average molecular weight is 232 g/mol. The minimum Gasteiger partial charge on any atom is -0.491 e. The second-order valence-corrected chi connectivity index (χ2v) is 2.79. The van der Waals surface area contributed by atoms with E-state index in [1.165, 1.54) is 13.3 Å². The maximum absolute atomic E-state index is 10.00. The van der Waals surface area contributed by atoms with Crippen molar-refractivity contribution in [1.82, 2.24) is 4.98 Å². The summed E-state index contributed by atoms with van der Waals surface area (Å²) in [5.74, 6) is 0.576. The van der Waals surface area contributed by atoms with E-state index in [2.05, 4.69) is 25.7 Å². The Morgan fingerprint density at radius 3 is 3.00 bits per heavy atom. The van der Waals surface area contributed by atoms with Crippen LogP contribution < -0.4 is 9.47 Å². The van der Waals surface area contributed by atoms with Crippen molar-refractivity contribution >= 4 is 22.4 Å². The van der Waals surface area contributed by atoms with Crippen LogP contribution in [0.15, 0.2) is 16.7 Å². The lowest BCUT2D eigenvalue weighted by Gasteiger charge is -2.03. The van der Waals surface area contributed by atoms with Crippen molar-refractivity contribution in [3.63, 3.8) is 0 Å². The lowest BCUT2D eigenvalue weighted by molar-refractivity contribution is -0.121. The highest BCUT2D eigenvalue weighted by molar-refractivity contribution is 9.10. The van der Waals surface area contributed by atoms with Gasteiger partial charge in [-0.3, -0.25) is 4.79 Å². The quantitative estimate of drug-likeness (QED) is 0.738. The monoisotopic (exact) mass is 231 g/mol. The zero-order valence-corrected chi connectivity index (χ0v) is 7.87. The molecule has 4 nitrogen and oxygen atoms in total. The van der Waals surface area contributed by atoms with E-state index < -0.39 is 0 Å². The number of pyridine rings is 1. The van der Waals surface area contributed by atoms with Gasteiger partial charge in [-0.2, -0.15) is 0 Å². The van der Waals surface area contributed by atoms with E-state index in [1.54, 1.807) is 6.07 Å². The van der Waals surface area contributed by atoms with Gasteiger partial charge in [0.2, 0.25) is 0 Å². The number of hydrogen-bond donors (Lipinski definition) is 0. The standard InChI is InChI=1S/C7H6BrNO3/c1-11-6-2-5(8)3-9-7(6)12-4-10/h2-4H,1H3. The summed E-state index contributed by atoms with van der Waals surface area (Å²) in [4.78, 5) is 13.8. The summed E-state index contributed by atoms with van der Waals surface area (Å²) >= 11 is 3.20.